The summed E-state index contributed by atoms with van der Waals surface area (Å²) in [5.74, 6) is -1.42. The molecule has 0 aliphatic rings. The van der Waals surface area contributed by atoms with Crippen molar-refractivity contribution in [3.05, 3.63) is 28.3 Å². The highest BCUT2D eigenvalue weighted by molar-refractivity contribution is 7.89. The van der Waals surface area contributed by atoms with Crippen LogP contribution in [0.25, 0.3) is 0 Å². The second kappa shape index (κ2) is 6.50. The molecule has 0 spiro atoms. The molecule has 0 saturated carbocycles. The van der Waals surface area contributed by atoms with Crippen molar-refractivity contribution in [3.63, 3.8) is 0 Å². The molecule has 0 fully saturated rings. The summed E-state index contributed by atoms with van der Waals surface area (Å²) in [5.41, 5.74) is -0.524. The maximum absolute atomic E-state index is 12.0. The van der Waals surface area contributed by atoms with E-state index in [1.165, 1.54) is 14.0 Å². The fraction of sp³-hybridized carbons (Fsp3) is 0.364. The molecule has 0 bridgehead atoms. The SMILES string of the molecule is CC[C@@H](NS(=O)(=O)c1ccc(OC)c([N+](=O)[O-])c1)C(=O)O. The molecule has 0 heterocycles. The number of methoxy groups -OCH3 is 1. The van der Waals surface area contributed by atoms with E-state index in [1.807, 2.05) is 4.72 Å². The highest BCUT2D eigenvalue weighted by Gasteiger charge is 2.26. The molecule has 116 valence electrons. The van der Waals surface area contributed by atoms with Crippen molar-refractivity contribution in [2.75, 3.05) is 7.11 Å². The summed E-state index contributed by atoms with van der Waals surface area (Å²) in [6.45, 7) is 1.50. The zero-order valence-corrected chi connectivity index (χ0v) is 12.1. The van der Waals surface area contributed by atoms with Crippen LogP contribution in [0.1, 0.15) is 13.3 Å². The van der Waals surface area contributed by atoms with Gasteiger partial charge in [-0.25, -0.2) is 8.42 Å². The molecule has 2 N–H and O–H groups in total. The molecule has 21 heavy (non-hydrogen) atoms. The predicted octanol–water partition coefficient (Wildman–Crippen LogP) is 0.745. The molecule has 1 atom stereocenters. The number of carboxylic acid groups (broad SMARTS) is 1. The van der Waals surface area contributed by atoms with Crippen LogP contribution in [-0.2, 0) is 14.8 Å². The van der Waals surface area contributed by atoms with Crippen molar-refractivity contribution in [2.24, 2.45) is 0 Å². The van der Waals surface area contributed by atoms with Gasteiger partial charge in [-0.05, 0) is 18.6 Å². The molecule has 0 aromatic heterocycles. The number of nitrogens with zero attached hydrogens (tertiary/aromatic N) is 1. The van der Waals surface area contributed by atoms with Crippen LogP contribution in [-0.4, -0.2) is 37.6 Å². The molecule has 1 aromatic rings. The lowest BCUT2D eigenvalue weighted by molar-refractivity contribution is -0.386. The molecule has 0 saturated heterocycles. The molecule has 9 nitrogen and oxygen atoms in total. The Balaban J connectivity index is 3.23. The number of carbonyl (C=O) groups is 1. The Hall–Kier alpha value is -2.20. The first-order chi connectivity index (χ1) is 9.72. The fourth-order valence-electron chi connectivity index (χ4n) is 1.54. The summed E-state index contributed by atoms with van der Waals surface area (Å²) in [5, 5.41) is 19.7. The van der Waals surface area contributed by atoms with Gasteiger partial charge < -0.3 is 9.84 Å². The third-order valence-corrected chi connectivity index (χ3v) is 4.13. The minimum atomic E-state index is -4.19. The number of ether oxygens (including phenoxy) is 1. The number of hydrogen-bond acceptors (Lipinski definition) is 6. The Bertz CT molecular complexity index is 657. The van der Waals surface area contributed by atoms with Crippen LogP contribution in [0.3, 0.4) is 0 Å². The Morgan fingerprint density at radius 1 is 1.52 bits per heavy atom. The van der Waals surface area contributed by atoms with Crippen molar-refractivity contribution in [1.82, 2.24) is 4.72 Å². The fourth-order valence-corrected chi connectivity index (χ4v) is 2.84. The summed E-state index contributed by atoms with van der Waals surface area (Å²) in [7, 11) is -2.97. The number of hydrogen-bond donors (Lipinski definition) is 2. The standard InChI is InChI=1S/C11H14N2O7S/c1-3-8(11(14)15)12-21(18,19)7-4-5-10(20-2)9(6-7)13(16)17/h4-6,8,12H,3H2,1-2H3,(H,14,15)/t8-/m1/s1. The highest BCUT2D eigenvalue weighted by atomic mass is 32.2. The van der Waals surface area contributed by atoms with E-state index in [4.69, 9.17) is 9.84 Å². The molecule has 0 radical (unpaired) electrons. The van der Waals surface area contributed by atoms with E-state index < -0.39 is 37.5 Å². The highest BCUT2D eigenvalue weighted by Crippen LogP contribution is 2.29. The average molecular weight is 318 g/mol. The maximum atomic E-state index is 12.0. The van der Waals surface area contributed by atoms with Crippen molar-refractivity contribution < 1.29 is 28.0 Å². The van der Waals surface area contributed by atoms with Gasteiger partial charge in [-0.1, -0.05) is 6.92 Å². The van der Waals surface area contributed by atoms with E-state index in [0.29, 0.717) is 0 Å². The van der Waals surface area contributed by atoms with E-state index >= 15 is 0 Å². The van der Waals surface area contributed by atoms with E-state index in [2.05, 4.69) is 0 Å². The van der Waals surface area contributed by atoms with Gasteiger partial charge in [0.1, 0.15) is 6.04 Å². The number of sulfonamides is 1. The second-order valence-corrected chi connectivity index (χ2v) is 5.73. The summed E-state index contributed by atoms with van der Waals surface area (Å²) < 4.78 is 30.8. The van der Waals surface area contributed by atoms with E-state index in [9.17, 15) is 23.3 Å². The summed E-state index contributed by atoms with van der Waals surface area (Å²) in [6.07, 6.45) is 0.0345. The lowest BCUT2D eigenvalue weighted by atomic mass is 10.2. The molecular formula is C11H14N2O7S. The first kappa shape index (κ1) is 16.9. The number of rotatable bonds is 7. The zero-order chi connectivity index (χ0) is 16.2. The minimum Gasteiger partial charge on any atom is -0.490 e. The molecule has 1 rings (SSSR count). The van der Waals surface area contributed by atoms with Crippen LogP contribution in [0, 0.1) is 10.1 Å². The normalized spacial score (nSPS) is 12.7. The number of benzene rings is 1. The van der Waals surface area contributed by atoms with Crippen LogP contribution < -0.4 is 9.46 Å². The van der Waals surface area contributed by atoms with Gasteiger partial charge in [0.2, 0.25) is 10.0 Å². The molecule has 1 aromatic carbocycles. The van der Waals surface area contributed by atoms with Crippen LogP contribution in [0.5, 0.6) is 5.75 Å². The van der Waals surface area contributed by atoms with Crippen LogP contribution >= 0.6 is 0 Å². The molecule has 0 unspecified atom stereocenters. The third kappa shape index (κ3) is 3.89. The average Bonchev–Trinajstić information content (AvgIpc) is 2.43. The summed E-state index contributed by atoms with van der Waals surface area (Å²) >= 11 is 0. The Morgan fingerprint density at radius 3 is 2.57 bits per heavy atom. The quantitative estimate of drug-likeness (QED) is 0.559. The monoisotopic (exact) mass is 318 g/mol. The first-order valence-corrected chi connectivity index (χ1v) is 7.28. The van der Waals surface area contributed by atoms with Crippen LogP contribution in [0.4, 0.5) is 5.69 Å². The lowest BCUT2D eigenvalue weighted by Gasteiger charge is -2.13. The van der Waals surface area contributed by atoms with Crippen LogP contribution in [0.15, 0.2) is 23.1 Å². The molecular weight excluding hydrogens is 304 g/mol. The summed E-state index contributed by atoms with van der Waals surface area (Å²) in [6, 6.07) is 1.74. The largest absolute Gasteiger partial charge is 0.490 e. The van der Waals surface area contributed by atoms with Gasteiger partial charge in [0.25, 0.3) is 0 Å². The summed E-state index contributed by atoms with van der Waals surface area (Å²) in [4.78, 5) is 20.5. The number of nitro benzene ring substituents is 1. The Labute approximate surface area is 120 Å². The zero-order valence-electron chi connectivity index (χ0n) is 11.3. The molecule has 0 amide bonds. The second-order valence-electron chi connectivity index (χ2n) is 4.01. The van der Waals surface area contributed by atoms with Gasteiger partial charge in [-0.3, -0.25) is 14.9 Å². The predicted molar refractivity (Wildman–Crippen MR) is 71.7 cm³/mol. The smallest absolute Gasteiger partial charge is 0.321 e. The van der Waals surface area contributed by atoms with Gasteiger partial charge in [0.05, 0.1) is 16.9 Å². The van der Waals surface area contributed by atoms with Gasteiger partial charge in [0, 0.05) is 6.07 Å². The third-order valence-electron chi connectivity index (χ3n) is 2.66. The van der Waals surface area contributed by atoms with Gasteiger partial charge in [0.15, 0.2) is 5.75 Å². The molecule has 0 aliphatic heterocycles. The van der Waals surface area contributed by atoms with Gasteiger partial charge in [-0.2, -0.15) is 4.72 Å². The lowest BCUT2D eigenvalue weighted by Crippen LogP contribution is -2.40. The first-order valence-electron chi connectivity index (χ1n) is 5.80. The minimum absolute atomic E-state index is 0.0345. The molecule has 0 aliphatic carbocycles. The maximum Gasteiger partial charge on any atom is 0.321 e. The number of nitro groups is 1. The van der Waals surface area contributed by atoms with Crippen molar-refractivity contribution in [2.45, 2.75) is 24.3 Å². The topological polar surface area (TPSA) is 136 Å². The molecule has 10 heteroatoms. The van der Waals surface area contributed by atoms with E-state index in [0.717, 1.165) is 18.2 Å². The van der Waals surface area contributed by atoms with Crippen molar-refractivity contribution in [3.8, 4) is 5.75 Å². The Morgan fingerprint density at radius 2 is 2.14 bits per heavy atom. The van der Waals surface area contributed by atoms with E-state index in [-0.39, 0.29) is 12.2 Å². The Kier molecular flexibility index (Phi) is 5.22. The number of aliphatic carboxylic acids is 1. The van der Waals surface area contributed by atoms with Gasteiger partial charge >= 0.3 is 11.7 Å². The van der Waals surface area contributed by atoms with Crippen molar-refractivity contribution >= 4 is 21.7 Å². The number of nitrogens with one attached hydrogen (secondary N) is 1. The van der Waals surface area contributed by atoms with E-state index in [1.54, 1.807) is 0 Å². The van der Waals surface area contributed by atoms with Crippen molar-refractivity contribution in [1.29, 1.82) is 0 Å². The van der Waals surface area contributed by atoms with Gasteiger partial charge in [-0.15, -0.1) is 0 Å². The number of carboxylic acids is 1. The van der Waals surface area contributed by atoms with Crippen LogP contribution in [0.2, 0.25) is 0 Å².